The SMILES string of the molecule is CCOc1ccc(-n2c(=O)c3c4c(sc3n(CC)c2=O)CCCC4)cc1. The van der Waals surface area contributed by atoms with E-state index in [1.165, 1.54) is 9.44 Å². The Hall–Kier alpha value is -2.34. The van der Waals surface area contributed by atoms with E-state index in [1.54, 1.807) is 40.2 Å². The predicted molar refractivity (Wildman–Crippen MR) is 105 cm³/mol. The van der Waals surface area contributed by atoms with Crippen LogP contribution in [-0.2, 0) is 19.4 Å². The molecule has 26 heavy (non-hydrogen) atoms. The van der Waals surface area contributed by atoms with Crippen LogP contribution in [0.15, 0.2) is 33.9 Å². The number of rotatable bonds is 4. The van der Waals surface area contributed by atoms with Crippen LogP contribution in [0.5, 0.6) is 5.75 Å². The Kier molecular flexibility index (Phi) is 4.44. The van der Waals surface area contributed by atoms with Crippen LogP contribution in [0.4, 0.5) is 0 Å². The average molecular weight is 370 g/mol. The highest BCUT2D eigenvalue weighted by molar-refractivity contribution is 7.18. The summed E-state index contributed by atoms with van der Waals surface area (Å²) in [5.41, 5.74) is 1.28. The molecule has 136 valence electrons. The van der Waals surface area contributed by atoms with Gasteiger partial charge < -0.3 is 4.74 Å². The molecular weight excluding hydrogens is 348 g/mol. The molecule has 5 nitrogen and oxygen atoms in total. The number of benzene rings is 1. The summed E-state index contributed by atoms with van der Waals surface area (Å²) in [5, 5.41) is 0.736. The van der Waals surface area contributed by atoms with E-state index in [0.717, 1.165) is 47.2 Å². The van der Waals surface area contributed by atoms with Gasteiger partial charge in [-0.05, 0) is 69.4 Å². The highest BCUT2D eigenvalue weighted by atomic mass is 32.1. The maximum atomic E-state index is 13.3. The van der Waals surface area contributed by atoms with Crippen LogP contribution in [0.1, 0.15) is 37.1 Å². The number of fused-ring (bicyclic) bond motifs is 3. The molecule has 2 aromatic heterocycles. The number of thiophene rings is 1. The third-order valence-corrected chi connectivity index (χ3v) is 6.27. The van der Waals surface area contributed by atoms with Gasteiger partial charge in [-0.3, -0.25) is 9.36 Å². The van der Waals surface area contributed by atoms with Gasteiger partial charge in [0.1, 0.15) is 10.6 Å². The number of aryl methyl sites for hydroxylation is 3. The van der Waals surface area contributed by atoms with Gasteiger partial charge in [-0.15, -0.1) is 11.3 Å². The zero-order chi connectivity index (χ0) is 18.3. The molecule has 4 rings (SSSR count). The van der Waals surface area contributed by atoms with Crippen LogP contribution < -0.4 is 16.0 Å². The lowest BCUT2D eigenvalue weighted by atomic mass is 9.97. The fourth-order valence-corrected chi connectivity index (χ4v) is 5.17. The fraction of sp³-hybridized carbons (Fsp3) is 0.400. The number of ether oxygens (including phenoxy) is 1. The summed E-state index contributed by atoms with van der Waals surface area (Å²) < 4.78 is 8.51. The summed E-state index contributed by atoms with van der Waals surface area (Å²) in [6, 6.07) is 7.15. The van der Waals surface area contributed by atoms with Crippen LogP contribution in [0.2, 0.25) is 0 Å². The fourth-order valence-electron chi connectivity index (χ4n) is 3.73. The monoisotopic (exact) mass is 370 g/mol. The number of aromatic nitrogens is 2. The van der Waals surface area contributed by atoms with Crippen molar-refractivity contribution in [3.05, 3.63) is 55.5 Å². The van der Waals surface area contributed by atoms with E-state index < -0.39 is 0 Å². The average Bonchev–Trinajstić information content (AvgIpc) is 3.03. The molecule has 0 aliphatic heterocycles. The lowest BCUT2D eigenvalue weighted by Crippen LogP contribution is -2.38. The molecule has 1 aliphatic carbocycles. The van der Waals surface area contributed by atoms with E-state index in [4.69, 9.17) is 4.74 Å². The zero-order valence-electron chi connectivity index (χ0n) is 15.1. The Balaban J connectivity index is 2.00. The van der Waals surface area contributed by atoms with Crippen molar-refractivity contribution in [1.82, 2.24) is 9.13 Å². The van der Waals surface area contributed by atoms with Crippen molar-refractivity contribution in [3.8, 4) is 11.4 Å². The second kappa shape index (κ2) is 6.76. The lowest BCUT2D eigenvalue weighted by Gasteiger charge is -2.13. The second-order valence-corrected chi connectivity index (χ2v) is 7.57. The molecule has 1 aromatic carbocycles. The third kappa shape index (κ3) is 2.60. The molecule has 3 aromatic rings. The van der Waals surface area contributed by atoms with E-state index in [-0.39, 0.29) is 11.2 Å². The van der Waals surface area contributed by atoms with Crippen molar-refractivity contribution in [2.24, 2.45) is 0 Å². The summed E-state index contributed by atoms with van der Waals surface area (Å²) in [4.78, 5) is 28.4. The molecule has 0 unspecified atom stereocenters. The Morgan fingerprint density at radius 3 is 2.50 bits per heavy atom. The third-order valence-electron chi connectivity index (χ3n) is 4.96. The molecule has 0 amide bonds. The largest absolute Gasteiger partial charge is 0.494 e. The second-order valence-electron chi connectivity index (χ2n) is 6.49. The summed E-state index contributed by atoms with van der Waals surface area (Å²) in [6.45, 7) is 5.00. The van der Waals surface area contributed by atoms with Gasteiger partial charge in [-0.2, -0.15) is 0 Å². The van der Waals surface area contributed by atoms with Crippen LogP contribution >= 0.6 is 11.3 Å². The first kappa shape index (κ1) is 17.1. The normalized spacial score (nSPS) is 13.8. The van der Waals surface area contributed by atoms with E-state index in [1.807, 2.05) is 13.8 Å². The molecule has 0 fully saturated rings. The Morgan fingerprint density at radius 1 is 1.08 bits per heavy atom. The van der Waals surface area contributed by atoms with Crippen molar-refractivity contribution in [2.45, 2.75) is 46.1 Å². The van der Waals surface area contributed by atoms with Crippen molar-refractivity contribution in [3.63, 3.8) is 0 Å². The van der Waals surface area contributed by atoms with E-state index in [9.17, 15) is 9.59 Å². The van der Waals surface area contributed by atoms with Gasteiger partial charge in [0.05, 0.1) is 17.7 Å². The minimum absolute atomic E-state index is 0.196. The first-order chi connectivity index (χ1) is 12.7. The summed E-state index contributed by atoms with van der Waals surface area (Å²) in [5.74, 6) is 0.731. The van der Waals surface area contributed by atoms with Crippen molar-refractivity contribution < 1.29 is 4.74 Å². The first-order valence-electron chi connectivity index (χ1n) is 9.19. The minimum atomic E-state index is -0.271. The van der Waals surface area contributed by atoms with Gasteiger partial charge in [-0.25, -0.2) is 9.36 Å². The smallest absolute Gasteiger partial charge is 0.336 e. The highest BCUT2D eigenvalue weighted by Crippen LogP contribution is 2.34. The lowest BCUT2D eigenvalue weighted by molar-refractivity contribution is 0.340. The molecule has 0 radical (unpaired) electrons. The molecule has 0 saturated heterocycles. The molecular formula is C20H22N2O3S. The summed E-state index contributed by atoms with van der Waals surface area (Å²) in [6.07, 6.45) is 4.20. The maximum absolute atomic E-state index is 13.3. The van der Waals surface area contributed by atoms with Crippen LogP contribution in [0.3, 0.4) is 0 Å². The molecule has 0 bridgehead atoms. The summed E-state index contributed by atoms with van der Waals surface area (Å²) >= 11 is 1.62. The van der Waals surface area contributed by atoms with Gasteiger partial charge in [0.15, 0.2) is 0 Å². The minimum Gasteiger partial charge on any atom is -0.494 e. The Bertz CT molecular complexity index is 1070. The van der Waals surface area contributed by atoms with E-state index in [0.29, 0.717) is 18.8 Å². The van der Waals surface area contributed by atoms with Gasteiger partial charge in [0, 0.05) is 11.4 Å². The summed E-state index contributed by atoms with van der Waals surface area (Å²) in [7, 11) is 0. The van der Waals surface area contributed by atoms with Crippen molar-refractivity contribution in [2.75, 3.05) is 6.61 Å². The highest BCUT2D eigenvalue weighted by Gasteiger charge is 2.23. The molecule has 0 N–H and O–H groups in total. The van der Waals surface area contributed by atoms with Crippen LogP contribution in [-0.4, -0.2) is 15.7 Å². The molecule has 0 saturated carbocycles. The number of nitrogens with zero attached hydrogens (tertiary/aromatic N) is 2. The van der Waals surface area contributed by atoms with E-state index >= 15 is 0 Å². The van der Waals surface area contributed by atoms with E-state index in [2.05, 4.69) is 0 Å². The molecule has 1 aliphatic rings. The topological polar surface area (TPSA) is 53.2 Å². The zero-order valence-corrected chi connectivity index (χ0v) is 15.9. The number of hydrogen-bond donors (Lipinski definition) is 0. The molecule has 0 atom stereocenters. The predicted octanol–water partition coefficient (Wildman–Crippen LogP) is 3.51. The molecule has 0 spiro atoms. The van der Waals surface area contributed by atoms with Gasteiger partial charge in [-0.1, -0.05) is 0 Å². The Labute approximate surface area is 155 Å². The number of hydrogen-bond acceptors (Lipinski definition) is 4. The quantitative estimate of drug-likeness (QED) is 0.706. The molecule has 6 heteroatoms. The first-order valence-corrected chi connectivity index (χ1v) is 10.0. The van der Waals surface area contributed by atoms with Gasteiger partial charge in [0.2, 0.25) is 0 Å². The van der Waals surface area contributed by atoms with Gasteiger partial charge >= 0.3 is 5.69 Å². The Morgan fingerprint density at radius 2 is 1.81 bits per heavy atom. The van der Waals surface area contributed by atoms with Gasteiger partial charge in [0.25, 0.3) is 5.56 Å². The van der Waals surface area contributed by atoms with Crippen LogP contribution in [0.25, 0.3) is 15.9 Å². The van der Waals surface area contributed by atoms with Crippen molar-refractivity contribution >= 4 is 21.6 Å². The van der Waals surface area contributed by atoms with Crippen molar-refractivity contribution in [1.29, 1.82) is 0 Å². The standard InChI is InChI=1S/C20H22N2O3S/c1-3-21-19-17(15-7-5-6-8-16(15)26-19)18(23)22(20(21)24)13-9-11-14(12-10-13)25-4-2/h9-12H,3-8H2,1-2H3. The van der Waals surface area contributed by atoms with Crippen LogP contribution in [0, 0.1) is 0 Å². The molecule has 2 heterocycles. The maximum Gasteiger partial charge on any atom is 0.336 e.